The maximum absolute atomic E-state index is 12.9. The van der Waals surface area contributed by atoms with E-state index in [1.54, 1.807) is 6.08 Å². The minimum Gasteiger partial charge on any atom is -0.298 e. The van der Waals surface area contributed by atoms with Gasteiger partial charge in [0.15, 0.2) is 0 Å². The molecular formula is C14H23F2N. The van der Waals surface area contributed by atoms with E-state index in [-0.39, 0.29) is 17.3 Å². The molecule has 98 valence electrons. The molecule has 0 aliphatic carbocycles. The number of rotatable bonds is 3. The number of hydrogen-bond donors (Lipinski definition) is 0. The van der Waals surface area contributed by atoms with Crippen LogP contribution >= 0.6 is 0 Å². The Morgan fingerprint density at radius 2 is 2.00 bits per heavy atom. The minimum atomic E-state index is -0.480. The van der Waals surface area contributed by atoms with E-state index in [9.17, 15) is 8.78 Å². The molecule has 3 heteroatoms. The quantitative estimate of drug-likeness (QED) is 0.680. The lowest BCUT2D eigenvalue weighted by molar-refractivity contribution is 0.170. The predicted molar refractivity (Wildman–Crippen MR) is 68.4 cm³/mol. The Kier molecular flexibility index (Phi) is 4.87. The van der Waals surface area contributed by atoms with Gasteiger partial charge in [0, 0.05) is 12.1 Å². The van der Waals surface area contributed by atoms with Crippen molar-refractivity contribution in [1.29, 1.82) is 0 Å². The third-order valence-electron chi connectivity index (χ3n) is 3.34. The van der Waals surface area contributed by atoms with Gasteiger partial charge < -0.3 is 0 Å². The highest BCUT2D eigenvalue weighted by Crippen LogP contribution is 2.29. The van der Waals surface area contributed by atoms with Crippen molar-refractivity contribution in [3.63, 3.8) is 0 Å². The van der Waals surface area contributed by atoms with Gasteiger partial charge >= 0.3 is 0 Å². The van der Waals surface area contributed by atoms with Gasteiger partial charge in [0.1, 0.15) is 6.67 Å². The Hall–Kier alpha value is -0.700. The first kappa shape index (κ1) is 14.4. The van der Waals surface area contributed by atoms with Gasteiger partial charge in [0.05, 0.1) is 5.83 Å². The average Bonchev–Trinajstić information content (AvgIpc) is 2.67. The average molecular weight is 243 g/mol. The van der Waals surface area contributed by atoms with Crippen LogP contribution in [-0.4, -0.2) is 30.2 Å². The second kappa shape index (κ2) is 5.76. The molecule has 0 aromatic carbocycles. The standard InChI is InChI=1S/C14H23F2N/c1-11(16)5-6-12(9-15)13-7-8-17(10-13)14(2,3)4/h5-6,13H,7-10H2,1-4H3/b11-5+,12-6+. The van der Waals surface area contributed by atoms with E-state index in [4.69, 9.17) is 0 Å². The third kappa shape index (κ3) is 4.23. The first-order chi connectivity index (χ1) is 7.84. The van der Waals surface area contributed by atoms with Crippen LogP contribution in [0.15, 0.2) is 23.6 Å². The van der Waals surface area contributed by atoms with Gasteiger partial charge in [-0.3, -0.25) is 4.90 Å². The van der Waals surface area contributed by atoms with Gasteiger partial charge in [-0.05, 0) is 58.2 Å². The molecular weight excluding hydrogens is 220 g/mol. The Labute approximate surface area is 103 Å². The van der Waals surface area contributed by atoms with E-state index in [0.29, 0.717) is 5.57 Å². The summed E-state index contributed by atoms with van der Waals surface area (Å²) >= 11 is 0. The summed E-state index contributed by atoms with van der Waals surface area (Å²) in [5.74, 6) is -0.0450. The van der Waals surface area contributed by atoms with Crippen LogP contribution < -0.4 is 0 Å². The SMILES string of the molecule is C/C(F)=C\C=C(/CF)C1CCN(C(C)(C)C)C1. The van der Waals surface area contributed by atoms with Gasteiger partial charge in [-0.25, -0.2) is 8.78 Å². The topological polar surface area (TPSA) is 3.24 Å². The van der Waals surface area contributed by atoms with Crippen LogP contribution in [0.25, 0.3) is 0 Å². The Bertz CT molecular complexity index is 309. The molecule has 1 aliphatic heterocycles. The maximum atomic E-state index is 12.9. The lowest BCUT2D eigenvalue weighted by Gasteiger charge is -2.31. The smallest absolute Gasteiger partial charge is 0.111 e. The van der Waals surface area contributed by atoms with Gasteiger partial charge in [0.25, 0.3) is 0 Å². The molecule has 0 bridgehead atoms. The van der Waals surface area contributed by atoms with Crippen LogP contribution in [0, 0.1) is 5.92 Å². The fourth-order valence-electron chi connectivity index (χ4n) is 2.18. The number of likely N-dealkylation sites (tertiary alicyclic amines) is 1. The van der Waals surface area contributed by atoms with E-state index in [0.717, 1.165) is 19.5 Å². The van der Waals surface area contributed by atoms with Crippen LogP contribution in [0.1, 0.15) is 34.1 Å². The van der Waals surface area contributed by atoms with Crippen molar-refractivity contribution >= 4 is 0 Å². The van der Waals surface area contributed by atoms with Crippen molar-refractivity contribution in [1.82, 2.24) is 4.90 Å². The van der Waals surface area contributed by atoms with Gasteiger partial charge in [-0.15, -0.1) is 0 Å². The number of hydrogen-bond acceptors (Lipinski definition) is 1. The van der Waals surface area contributed by atoms with E-state index in [2.05, 4.69) is 25.7 Å². The Balaban J connectivity index is 2.69. The van der Waals surface area contributed by atoms with Crippen molar-refractivity contribution < 1.29 is 8.78 Å². The highest BCUT2D eigenvalue weighted by Gasteiger charge is 2.31. The molecule has 1 rings (SSSR count). The Morgan fingerprint density at radius 1 is 1.35 bits per heavy atom. The summed E-state index contributed by atoms with van der Waals surface area (Å²) in [4.78, 5) is 2.35. The molecule has 0 aromatic heterocycles. The van der Waals surface area contributed by atoms with Gasteiger partial charge in [-0.1, -0.05) is 6.08 Å². The normalized spacial score (nSPS) is 24.5. The second-order valence-electron chi connectivity index (χ2n) is 5.73. The summed E-state index contributed by atoms with van der Waals surface area (Å²) < 4.78 is 25.6. The van der Waals surface area contributed by atoms with Crippen molar-refractivity contribution in [3.05, 3.63) is 23.6 Å². The van der Waals surface area contributed by atoms with Crippen molar-refractivity contribution in [3.8, 4) is 0 Å². The summed E-state index contributed by atoms with van der Waals surface area (Å²) in [5, 5.41) is 0. The van der Waals surface area contributed by atoms with Crippen LogP contribution in [-0.2, 0) is 0 Å². The molecule has 0 radical (unpaired) electrons. The van der Waals surface area contributed by atoms with Crippen LogP contribution in [0.3, 0.4) is 0 Å². The van der Waals surface area contributed by atoms with Crippen LogP contribution in [0.4, 0.5) is 8.78 Å². The number of nitrogens with zero attached hydrogens (tertiary/aromatic N) is 1. The lowest BCUT2D eigenvalue weighted by atomic mass is 9.98. The third-order valence-corrected chi connectivity index (χ3v) is 3.34. The molecule has 1 unspecified atom stereocenters. The van der Waals surface area contributed by atoms with Crippen molar-refractivity contribution in [2.45, 2.75) is 39.7 Å². The summed E-state index contributed by atoms with van der Waals surface area (Å²) in [6.45, 7) is 9.26. The zero-order chi connectivity index (χ0) is 13.1. The molecule has 1 fully saturated rings. The van der Waals surface area contributed by atoms with E-state index in [1.165, 1.54) is 13.0 Å². The molecule has 0 saturated carbocycles. The molecule has 1 aliphatic rings. The number of halogens is 2. The molecule has 0 aromatic rings. The molecule has 1 atom stereocenters. The fourth-order valence-corrected chi connectivity index (χ4v) is 2.18. The summed E-state index contributed by atoms with van der Waals surface area (Å²) in [7, 11) is 0. The van der Waals surface area contributed by atoms with Gasteiger partial charge in [0.2, 0.25) is 0 Å². The van der Waals surface area contributed by atoms with E-state index < -0.39 is 6.67 Å². The molecule has 1 saturated heterocycles. The van der Waals surface area contributed by atoms with Gasteiger partial charge in [-0.2, -0.15) is 0 Å². The second-order valence-corrected chi connectivity index (χ2v) is 5.73. The van der Waals surface area contributed by atoms with Crippen LogP contribution in [0.2, 0.25) is 0 Å². The molecule has 1 nitrogen and oxygen atoms in total. The summed E-state index contributed by atoms with van der Waals surface area (Å²) in [5.41, 5.74) is 0.843. The minimum absolute atomic E-state index is 0.127. The fraction of sp³-hybridized carbons (Fsp3) is 0.714. The van der Waals surface area contributed by atoms with E-state index in [1.807, 2.05) is 0 Å². The monoisotopic (exact) mass is 243 g/mol. The molecule has 0 N–H and O–H groups in total. The highest BCUT2D eigenvalue weighted by molar-refractivity contribution is 5.18. The number of allylic oxidation sites excluding steroid dienone is 3. The van der Waals surface area contributed by atoms with Crippen LogP contribution in [0.5, 0.6) is 0 Å². The predicted octanol–water partition coefficient (Wildman–Crippen LogP) is 3.88. The molecule has 17 heavy (non-hydrogen) atoms. The molecule has 1 heterocycles. The molecule has 0 spiro atoms. The lowest BCUT2D eigenvalue weighted by Crippen LogP contribution is -2.39. The zero-order valence-corrected chi connectivity index (χ0v) is 11.3. The first-order valence-corrected chi connectivity index (χ1v) is 6.18. The van der Waals surface area contributed by atoms with Crippen molar-refractivity contribution in [2.24, 2.45) is 5.92 Å². The molecule has 0 amide bonds. The summed E-state index contributed by atoms with van der Waals surface area (Å²) in [6.07, 6.45) is 3.92. The largest absolute Gasteiger partial charge is 0.298 e. The van der Waals surface area contributed by atoms with Crippen molar-refractivity contribution in [2.75, 3.05) is 19.8 Å². The highest BCUT2D eigenvalue weighted by atomic mass is 19.1. The number of alkyl halides is 1. The van der Waals surface area contributed by atoms with E-state index >= 15 is 0 Å². The first-order valence-electron chi connectivity index (χ1n) is 6.18. The zero-order valence-electron chi connectivity index (χ0n) is 11.3. The summed E-state index contributed by atoms with van der Waals surface area (Å²) in [6, 6.07) is 0. The Morgan fingerprint density at radius 3 is 2.41 bits per heavy atom. The maximum Gasteiger partial charge on any atom is 0.111 e.